The van der Waals surface area contributed by atoms with Crippen LogP contribution in [0.4, 0.5) is 0 Å². The van der Waals surface area contributed by atoms with E-state index in [-0.39, 0.29) is 17.9 Å². The fourth-order valence-corrected chi connectivity index (χ4v) is 3.91. The summed E-state index contributed by atoms with van der Waals surface area (Å²) in [7, 11) is 1.88. The van der Waals surface area contributed by atoms with Gasteiger partial charge < -0.3 is 20.5 Å². The Hall–Kier alpha value is -2.34. The van der Waals surface area contributed by atoms with Crippen LogP contribution in [0, 0.1) is 5.92 Å². The second kappa shape index (κ2) is 9.24. The zero-order valence-electron chi connectivity index (χ0n) is 17.1. The van der Waals surface area contributed by atoms with E-state index in [4.69, 9.17) is 0 Å². The SMILES string of the molecule is CC(C)CC(NC(=O)c1cc2ccccc2n1C)C(=O)N[C@H]1CCCNCC1. The van der Waals surface area contributed by atoms with Crippen molar-refractivity contribution in [2.75, 3.05) is 13.1 Å². The summed E-state index contributed by atoms with van der Waals surface area (Å²) < 4.78 is 1.88. The van der Waals surface area contributed by atoms with E-state index < -0.39 is 6.04 Å². The second-order valence-corrected chi connectivity index (χ2v) is 8.19. The van der Waals surface area contributed by atoms with E-state index in [0.717, 1.165) is 43.3 Å². The largest absolute Gasteiger partial charge is 0.352 e. The van der Waals surface area contributed by atoms with E-state index in [0.29, 0.717) is 18.0 Å². The van der Waals surface area contributed by atoms with Gasteiger partial charge in [-0.05, 0) is 56.8 Å². The number of rotatable bonds is 6. The first kappa shape index (κ1) is 20.4. The minimum Gasteiger partial charge on any atom is -0.352 e. The van der Waals surface area contributed by atoms with Gasteiger partial charge in [-0.15, -0.1) is 0 Å². The van der Waals surface area contributed by atoms with Gasteiger partial charge in [0.05, 0.1) is 0 Å². The van der Waals surface area contributed by atoms with Crippen LogP contribution in [0.1, 0.15) is 50.0 Å². The first-order valence-electron chi connectivity index (χ1n) is 10.3. The minimum atomic E-state index is -0.526. The number of hydrogen-bond donors (Lipinski definition) is 3. The van der Waals surface area contributed by atoms with Gasteiger partial charge in [0.15, 0.2) is 0 Å². The normalized spacial score (nSPS) is 18.6. The van der Waals surface area contributed by atoms with Gasteiger partial charge in [0, 0.05) is 24.0 Å². The Morgan fingerprint density at radius 1 is 1.21 bits per heavy atom. The number of hydrogen-bond acceptors (Lipinski definition) is 3. The molecule has 0 aliphatic carbocycles. The smallest absolute Gasteiger partial charge is 0.268 e. The zero-order chi connectivity index (χ0) is 20.1. The summed E-state index contributed by atoms with van der Waals surface area (Å²) in [5, 5.41) is 10.5. The Morgan fingerprint density at radius 2 is 2.00 bits per heavy atom. The molecule has 0 saturated carbocycles. The molecule has 1 unspecified atom stereocenters. The monoisotopic (exact) mass is 384 g/mol. The number of nitrogens with one attached hydrogen (secondary N) is 3. The number of para-hydroxylation sites is 1. The summed E-state index contributed by atoms with van der Waals surface area (Å²) in [6, 6.07) is 9.43. The van der Waals surface area contributed by atoms with Gasteiger partial charge in [-0.3, -0.25) is 9.59 Å². The number of amides is 2. The van der Waals surface area contributed by atoms with E-state index in [2.05, 4.69) is 29.8 Å². The van der Waals surface area contributed by atoms with Gasteiger partial charge in [-0.1, -0.05) is 32.0 Å². The maximum Gasteiger partial charge on any atom is 0.268 e. The van der Waals surface area contributed by atoms with Crippen molar-refractivity contribution >= 4 is 22.7 Å². The molecule has 1 aromatic heterocycles. The topological polar surface area (TPSA) is 75.2 Å². The van der Waals surface area contributed by atoms with Gasteiger partial charge in [-0.2, -0.15) is 0 Å². The standard InChI is InChI=1S/C22H32N4O2/c1-15(2)13-18(21(27)24-17-8-6-11-23-12-10-17)25-22(28)20-14-16-7-4-5-9-19(16)26(20)3/h4-5,7,9,14-15,17-18,23H,6,8,10-13H2,1-3H3,(H,24,27)(H,25,28)/t17-,18?/m0/s1. The number of carbonyl (C=O) groups is 2. The highest BCUT2D eigenvalue weighted by Gasteiger charge is 2.26. The first-order valence-corrected chi connectivity index (χ1v) is 10.3. The van der Waals surface area contributed by atoms with Crippen LogP contribution in [0.3, 0.4) is 0 Å². The lowest BCUT2D eigenvalue weighted by molar-refractivity contribution is -0.124. The van der Waals surface area contributed by atoms with Crippen LogP contribution in [-0.4, -0.2) is 41.6 Å². The summed E-state index contributed by atoms with van der Waals surface area (Å²) in [6.45, 7) is 6.05. The molecule has 1 aliphatic rings. The van der Waals surface area contributed by atoms with Crippen molar-refractivity contribution in [1.82, 2.24) is 20.5 Å². The molecule has 1 aliphatic heterocycles. The molecule has 28 heavy (non-hydrogen) atoms. The summed E-state index contributed by atoms with van der Waals surface area (Å²) in [4.78, 5) is 25.9. The van der Waals surface area contributed by atoms with Crippen LogP contribution in [0.15, 0.2) is 30.3 Å². The molecule has 1 fully saturated rings. The van der Waals surface area contributed by atoms with E-state index in [1.165, 1.54) is 0 Å². The van der Waals surface area contributed by atoms with Crippen LogP contribution in [0.5, 0.6) is 0 Å². The second-order valence-electron chi connectivity index (χ2n) is 8.19. The predicted octanol–water partition coefficient (Wildman–Crippen LogP) is 2.58. The summed E-state index contributed by atoms with van der Waals surface area (Å²) in [5.41, 5.74) is 1.57. The maximum absolute atomic E-state index is 13.0. The maximum atomic E-state index is 13.0. The fraction of sp³-hybridized carbons (Fsp3) is 0.545. The molecule has 2 amide bonds. The third kappa shape index (κ3) is 4.93. The van der Waals surface area contributed by atoms with E-state index >= 15 is 0 Å². The van der Waals surface area contributed by atoms with Gasteiger partial charge >= 0.3 is 0 Å². The van der Waals surface area contributed by atoms with Crippen molar-refractivity contribution in [1.29, 1.82) is 0 Å². The summed E-state index contributed by atoms with van der Waals surface area (Å²) in [6.07, 6.45) is 3.58. The lowest BCUT2D eigenvalue weighted by Gasteiger charge is -2.24. The average Bonchev–Trinajstić information content (AvgIpc) is 2.82. The molecule has 152 valence electrons. The minimum absolute atomic E-state index is 0.0762. The third-order valence-electron chi connectivity index (χ3n) is 5.44. The molecule has 6 heteroatoms. The lowest BCUT2D eigenvalue weighted by Crippen LogP contribution is -2.50. The molecule has 1 aromatic carbocycles. The molecular formula is C22H32N4O2. The molecule has 1 saturated heterocycles. The highest BCUT2D eigenvalue weighted by atomic mass is 16.2. The molecule has 2 heterocycles. The Labute approximate surface area is 167 Å². The Balaban J connectivity index is 1.72. The van der Waals surface area contributed by atoms with Gasteiger partial charge in [0.25, 0.3) is 5.91 Å². The molecular weight excluding hydrogens is 352 g/mol. The molecule has 2 atom stereocenters. The van der Waals surface area contributed by atoms with Crippen LogP contribution in [0.25, 0.3) is 10.9 Å². The Bertz CT molecular complexity index is 819. The highest BCUT2D eigenvalue weighted by molar-refractivity contribution is 6.00. The molecule has 3 N–H and O–H groups in total. The predicted molar refractivity (Wildman–Crippen MR) is 112 cm³/mol. The molecule has 0 spiro atoms. The molecule has 3 rings (SSSR count). The van der Waals surface area contributed by atoms with Crippen molar-refractivity contribution in [2.45, 2.75) is 51.6 Å². The third-order valence-corrected chi connectivity index (χ3v) is 5.44. The Morgan fingerprint density at radius 3 is 2.75 bits per heavy atom. The van der Waals surface area contributed by atoms with Crippen molar-refractivity contribution in [3.63, 3.8) is 0 Å². The Kier molecular flexibility index (Phi) is 6.73. The van der Waals surface area contributed by atoms with Crippen LogP contribution < -0.4 is 16.0 Å². The quantitative estimate of drug-likeness (QED) is 0.717. The summed E-state index contributed by atoms with van der Waals surface area (Å²) in [5.74, 6) is 0.0223. The van der Waals surface area contributed by atoms with Crippen LogP contribution in [0.2, 0.25) is 0 Å². The number of benzene rings is 1. The zero-order valence-corrected chi connectivity index (χ0v) is 17.1. The highest BCUT2D eigenvalue weighted by Crippen LogP contribution is 2.19. The average molecular weight is 385 g/mol. The van der Waals surface area contributed by atoms with Crippen LogP contribution in [-0.2, 0) is 11.8 Å². The van der Waals surface area contributed by atoms with Crippen LogP contribution >= 0.6 is 0 Å². The van der Waals surface area contributed by atoms with Gasteiger partial charge in [0.1, 0.15) is 11.7 Å². The van der Waals surface area contributed by atoms with E-state index in [9.17, 15) is 9.59 Å². The number of aryl methyl sites for hydroxylation is 1. The molecule has 0 radical (unpaired) electrons. The van der Waals surface area contributed by atoms with Crippen molar-refractivity contribution in [3.05, 3.63) is 36.0 Å². The van der Waals surface area contributed by atoms with E-state index in [1.807, 2.05) is 41.9 Å². The molecule has 6 nitrogen and oxygen atoms in total. The number of aromatic nitrogens is 1. The lowest BCUT2D eigenvalue weighted by atomic mass is 10.0. The molecule has 0 bridgehead atoms. The first-order chi connectivity index (χ1) is 13.5. The number of fused-ring (bicyclic) bond motifs is 1. The van der Waals surface area contributed by atoms with Crippen molar-refractivity contribution in [2.24, 2.45) is 13.0 Å². The number of nitrogens with zero attached hydrogens (tertiary/aromatic N) is 1. The fourth-order valence-electron chi connectivity index (χ4n) is 3.91. The number of carbonyl (C=O) groups excluding carboxylic acids is 2. The van der Waals surface area contributed by atoms with Gasteiger partial charge in [0.2, 0.25) is 5.91 Å². The van der Waals surface area contributed by atoms with E-state index in [1.54, 1.807) is 0 Å². The van der Waals surface area contributed by atoms with Gasteiger partial charge in [-0.25, -0.2) is 0 Å². The molecule has 2 aromatic rings. The van der Waals surface area contributed by atoms with Crippen molar-refractivity contribution in [3.8, 4) is 0 Å². The summed E-state index contributed by atoms with van der Waals surface area (Å²) >= 11 is 0. The van der Waals surface area contributed by atoms with Crippen molar-refractivity contribution < 1.29 is 9.59 Å².